The van der Waals surface area contributed by atoms with Gasteiger partial charge in [-0.25, -0.2) is 0 Å². The Morgan fingerprint density at radius 2 is 2.18 bits per heavy atom. The molecule has 0 atom stereocenters. The van der Waals surface area contributed by atoms with Crippen molar-refractivity contribution in [1.82, 2.24) is 10.2 Å². The number of ether oxygens (including phenoxy) is 1. The van der Waals surface area contributed by atoms with Gasteiger partial charge in [-0.05, 0) is 24.1 Å². The van der Waals surface area contributed by atoms with Crippen molar-refractivity contribution in [1.29, 1.82) is 0 Å². The van der Waals surface area contributed by atoms with Gasteiger partial charge in [-0.2, -0.15) is 0 Å². The van der Waals surface area contributed by atoms with Crippen molar-refractivity contribution >= 4 is 11.8 Å². The molecule has 92 valence electrons. The van der Waals surface area contributed by atoms with E-state index in [1.807, 2.05) is 0 Å². The van der Waals surface area contributed by atoms with Crippen molar-refractivity contribution < 1.29 is 4.74 Å². The van der Waals surface area contributed by atoms with Crippen LogP contribution in [-0.4, -0.2) is 43.6 Å². The van der Waals surface area contributed by atoms with Crippen LogP contribution in [0.15, 0.2) is 23.1 Å². The maximum absolute atomic E-state index is 5.57. The molecular weight excluding hydrogens is 232 g/mol. The van der Waals surface area contributed by atoms with Gasteiger partial charge in [0.05, 0.1) is 4.90 Å². The molecule has 4 heteroatoms. The van der Waals surface area contributed by atoms with Gasteiger partial charge in [0.1, 0.15) is 11.7 Å². The van der Waals surface area contributed by atoms with E-state index in [2.05, 4.69) is 28.4 Å². The SMILES string of the molecule is c1cc2c(cc1CCN1CCNCC1)OCS2. The minimum Gasteiger partial charge on any atom is -0.481 e. The maximum atomic E-state index is 5.57. The zero-order valence-electron chi connectivity index (χ0n) is 9.95. The molecule has 1 N–H and O–H groups in total. The highest BCUT2D eigenvalue weighted by Crippen LogP contribution is 2.36. The van der Waals surface area contributed by atoms with Gasteiger partial charge in [0.2, 0.25) is 0 Å². The summed E-state index contributed by atoms with van der Waals surface area (Å²) in [5.41, 5.74) is 1.39. The van der Waals surface area contributed by atoms with Gasteiger partial charge in [-0.3, -0.25) is 0 Å². The van der Waals surface area contributed by atoms with Crippen LogP contribution in [0.1, 0.15) is 5.56 Å². The summed E-state index contributed by atoms with van der Waals surface area (Å²) < 4.78 is 5.57. The van der Waals surface area contributed by atoms with Crippen molar-refractivity contribution in [3.63, 3.8) is 0 Å². The van der Waals surface area contributed by atoms with Gasteiger partial charge in [0, 0.05) is 32.7 Å². The lowest BCUT2D eigenvalue weighted by atomic mass is 10.1. The van der Waals surface area contributed by atoms with E-state index < -0.39 is 0 Å². The lowest BCUT2D eigenvalue weighted by Crippen LogP contribution is -2.44. The average molecular weight is 250 g/mol. The Morgan fingerprint density at radius 1 is 1.29 bits per heavy atom. The Hall–Kier alpha value is -0.710. The molecule has 2 aliphatic heterocycles. The molecule has 1 aromatic rings. The third-order valence-electron chi connectivity index (χ3n) is 3.36. The molecule has 17 heavy (non-hydrogen) atoms. The summed E-state index contributed by atoms with van der Waals surface area (Å²) in [4.78, 5) is 3.82. The fourth-order valence-electron chi connectivity index (χ4n) is 2.32. The molecule has 0 unspecified atom stereocenters. The van der Waals surface area contributed by atoms with E-state index >= 15 is 0 Å². The van der Waals surface area contributed by atoms with Crippen LogP contribution in [0, 0.1) is 0 Å². The minimum atomic E-state index is 0.774. The molecule has 3 nitrogen and oxygen atoms in total. The molecule has 0 amide bonds. The van der Waals surface area contributed by atoms with Crippen LogP contribution >= 0.6 is 11.8 Å². The van der Waals surface area contributed by atoms with Gasteiger partial charge in [0.15, 0.2) is 0 Å². The van der Waals surface area contributed by atoms with E-state index in [0.29, 0.717) is 0 Å². The van der Waals surface area contributed by atoms with E-state index in [-0.39, 0.29) is 0 Å². The van der Waals surface area contributed by atoms with Crippen LogP contribution < -0.4 is 10.1 Å². The summed E-state index contributed by atoms with van der Waals surface area (Å²) in [5, 5.41) is 3.38. The second kappa shape index (κ2) is 5.29. The minimum absolute atomic E-state index is 0.774. The normalized spacial score (nSPS) is 20.0. The predicted octanol–water partition coefficient (Wildman–Crippen LogP) is 1.58. The van der Waals surface area contributed by atoms with Crippen molar-refractivity contribution in [3.05, 3.63) is 23.8 Å². The van der Waals surface area contributed by atoms with Crippen molar-refractivity contribution in [3.8, 4) is 5.75 Å². The number of nitrogens with zero attached hydrogens (tertiary/aromatic N) is 1. The molecule has 2 aliphatic rings. The Labute approximate surface area is 107 Å². The van der Waals surface area contributed by atoms with Crippen LogP contribution in [0.4, 0.5) is 0 Å². The first kappa shape index (κ1) is 11.4. The monoisotopic (exact) mass is 250 g/mol. The van der Waals surface area contributed by atoms with E-state index in [1.165, 1.54) is 23.5 Å². The van der Waals surface area contributed by atoms with E-state index in [9.17, 15) is 0 Å². The van der Waals surface area contributed by atoms with Gasteiger partial charge < -0.3 is 15.0 Å². The van der Waals surface area contributed by atoms with E-state index in [4.69, 9.17) is 4.74 Å². The molecule has 1 saturated heterocycles. The summed E-state index contributed by atoms with van der Waals surface area (Å²) in [6.07, 6.45) is 1.13. The van der Waals surface area contributed by atoms with Crippen LogP contribution in [0.3, 0.4) is 0 Å². The summed E-state index contributed by atoms with van der Waals surface area (Å²) in [7, 11) is 0. The second-order valence-electron chi connectivity index (χ2n) is 4.53. The first-order valence-electron chi connectivity index (χ1n) is 6.23. The highest BCUT2D eigenvalue weighted by molar-refractivity contribution is 7.99. The summed E-state index contributed by atoms with van der Waals surface area (Å²) in [5.74, 6) is 1.85. The van der Waals surface area contributed by atoms with Crippen LogP contribution in [-0.2, 0) is 6.42 Å². The zero-order chi connectivity index (χ0) is 11.5. The second-order valence-corrected chi connectivity index (χ2v) is 5.49. The third-order valence-corrected chi connectivity index (χ3v) is 4.25. The average Bonchev–Trinajstić information content (AvgIpc) is 2.85. The molecule has 0 aromatic heterocycles. The Bertz CT molecular complexity index is 391. The number of thioether (sulfide) groups is 1. The zero-order valence-corrected chi connectivity index (χ0v) is 10.8. The summed E-state index contributed by atoms with van der Waals surface area (Å²) >= 11 is 1.78. The van der Waals surface area contributed by atoms with Gasteiger partial charge in [-0.15, -0.1) is 0 Å². The molecule has 2 heterocycles. The van der Waals surface area contributed by atoms with Gasteiger partial charge >= 0.3 is 0 Å². The van der Waals surface area contributed by atoms with Crippen molar-refractivity contribution in [2.45, 2.75) is 11.3 Å². The molecule has 0 spiro atoms. The van der Waals surface area contributed by atoms with Gasteiger partial charge in [0.25, 0.3) is 0 Å². The lowest BCUT2D eigenvalue weighted by molar-refractivity contribution is 0.244. The molecule has 1 fully saturated rings. The van der Waals surface area contributed by atoms with Crippen molar-refractivity contribution in [2.75, 3.05) is 38.7 Å². The Balaban J connectivity index is 1.57. The Morgan fingerprint density at radius 3 is 3.06 bits per heavy atom. The highest BCUT2D eigenvalue weighted by atomic mass is 32.2. The van der Waals surface area contributed by atoms with E-state index in [0.717, 1.165) is 37.7 Å². The highest BCUT2D eigenvalue weighted by Gasteiger charge is 2.13. The fraction of sp³-hybridized carbons (Fsp3) is 0.538. The van der Waals surface area contributed by atoms with Crippen molar-refractivity contribution in [2.24, 2.45) is 0 Å². The first-order chi connectivity index (χ1) is 8.42. The largest absolute Gasteiger partial charge is 0.481 e. The number of fused-ring (bicyclic) bond motifs is 1. The fourth-order valence-corrected chi connectivity index (χ4v) is 3.06. The topological polar surface area (TPSA) is 24.5 Å². The number of benzene rings is 1. The number of nitrogens with one attached hydrogen (secondary N) is 1. The molecule has 0 aliphatic carbocycles. The van der Waals surface area contributed by atoms with Crippen LogP contribution in [0.25, 0.3) is 0 Å². The smallest absolute Gasteiger partial charge is 0.138 e. The molecule has 3 rings (SSSR count). The predicted molar refractivity (Wildman–Crippen MR) is 70.8 cm³/mol. The molecular formula is C13H18N2OS. The standard InChI is InChI=1S/C13H18N2OS/c1-2-13-12(16-10-17-13)9-11(1)3-6-15-7-4-14-5-8-15/h1-2,9,14H,3-8,10H2. The molecule has 0 bridgehead atoms. The lowest BCUT2D eigenvalue weighted by Gasteiger charge is -2.27. The molecule has 0 saturated carbocycles. The third kappa shape index (κ3) is 2.76. The number of hydrogen-bond donors (Lipinski definition) is 1. The van der Waals surface area contributed by atoms with Crippen LogP contribution in [0.5, 0.6) is 5.75 Å². The molecule has 1 aromatic carbocycles. The number of rotatable bonds is 3. The molecule has 0 radical (unpaired) electrons. The summed E-state index contributed by atoms with van der Waals surface area (Å²) in [6.45, 7) is 5.77. The van der Waals surface area contributed by atoms with Gasteiger partial charge in [-0.1, -0.05) is 17.8 Å². The maximum Gasteiger partial charge on any atom is 0.138 e. The van der Waals surface area contributed by atoms with Crippen LogP contribution in [0.2, 0.25) is 0 Å². The quantitative estimate of drug-likeness (QED) is 0.880. The number of piperazine rings is 1. The first-order valence-corrected chi connectivity index (χ1v) is 7.22. The Kier molecular flexibility index (Phi) is 3.54. The van der Waals surface area contributed by atoms with E-state index in [1.54, 1.807) is 11.8 Å². The number of hydrogen-bond acceptors (Lipinski definition) is 4. The summed E-state index contributed by atoms with van der Waals surface area (Å²) in [6, 6.07) is 6.64.